The van der Waals surface area contributed by atoms with E-state index in [-0.39, 0.29) is 17.6 Å². The fourth-order valence-electron chi connectivity index (χ4n) is 2.27. The third-order valence-corrected chi connectivity index (χ3v) is 3.86. The molecule has 0 aromatic carbocycles. The molecule has 0 aliphatic heterocycles. The number of Topliss-reactive ketones (excluding diaryl/α,β-unsaturated/α-hetero) is 2. The molecule has 2 atom stereocenters. The highest BCUT2D eigenvalue weighted by atomic mass is 16.1. The summed E-state index contributed by atoms with van der Waals surface area (Å²) in [6.07, 6.45) is 7.43. The summed E-state index contributed by atoms with van der Waals surface area (Å²) in [7, 11) is 2.05. The fraction of sp³-hybridized carbons (Fsp3) is 0.789. The number of rotatable bonds is 14. The molecule has 2 unspecified atom stereocenters. The van der Waals surface area contributed by atoms with Crippen LogP contribution < -0.4 is 0 Å². The van der Waals surface area contributed by atoms with Gasteiger partial charge in [0, 0.05) is 50.7 Å². The standard InChI is InChI=1S/C19H35N3O2/c1-6-8-18(23)10-12-20-14-17(4)22(5)15-16(3)21-13-11-19(24)9-7-2/h12-13,16-17H,6-11,14-15H2,1-5H3. The molecule has 5 nitrogen and oxygen atoms in total. The van der Waals surface area contributed by atoms with Crippen molar-refractivity contribution in [1.29, 1.82) is 0 Å². The van der Waals surface area contributed by atoms with Crippen LogP contribution in [0.2, 0.25) is 0 Å². The summed E-state index contributed by atoms with van der Waals surface area (Å²) in [6.45, 7) is 9.69. The second-order valence-corrected chi connectivity index (χ2v) is 6.50. The van der Waals surface area contributed by atoms with Crippen molar-refractivity contribution >= 4 is 24.0 Å². The second-order valence-electron chi connectivity index (χ2n) is 6.50. The first-order valence-electron chi connectivity index (χ1n) is 9.14. The zero-order valence-corrected chi connectivity index (χ0v) is 16.1. The molecule has 0 amide bonds. The molecule has 5 heteroatoms. The highest BCUT2D eigenvalue weighted by Crippen LogP contribution is 2.01. The fourth-order valence-corrected chi connectivity index (χ4v) is 2.27. The minimum Gasteiger partial charge on any atom is -0.300 e. The lowest BCUT2D eigenvalue weighted by Crippen LogP contribution is -2.36. The molecule has 0 aliphatic rings. The van der Waals surface area contributed by atoms with Crippen molar-refractivity contribution in [3.8, 4) is 0 Å². The monoisotopic (exact) mass is 337 g/mol. The van der Waals surface area contributed by atoms with E-state index >= 15 is 0 Å². The maximum atomic E-state index is 11.4. The maximum absolute atomic E-state index is 11.4. The zero-order chi connectivity index (χ0) is 18.4. The Morgan fingerprint density at radius 3 is 2.08 bits per heavy atom. The zero-order valence-electron chi connectivity index (χ0n) is 16.1. The van der Waals surface area contributed by atoms with Crippen LogP contribution in [-0.2, 0) is 9.59 Å². The third kappa shape index (κ3) is 12.1. The van der Waals surface area contributed by atoms with E-state index in [4.69, 9.17) is 0 Å². The van der Waals surface area contributed by atoms with Crippen LogP contribution >= 0.6 is 0 Å². The Labute approximate surface area is 147 Å². The van der Waals surface area contributed by atoms with Crippen molar-refractivity contribution in [3.05, 3.63) is 0 Å². The van der Waals surface area contributed by atoms with E-state index in [1.165, 1.54) is 0 Å². The van der Waals surface area contributed by atoms with Gasteiger partial charge in [-0.2, -0.15) is 0 Å². The van der Waals surface area contributed by atoms with Crippen LogP contribution in [0, 0.1) is 0 Å². The first kappa shape index (κ1) is 22.6. The van der Waals surface area contributed by atoms with E-state index in [1.807, 2.05) is 13.8 Å². The van der Waals surface area contributed by atoms with Crippen LogP contribution in [0.15, 0.2) is 9.98 Å². The van der Waals surface area contributed by atoms with E-state index in [1.54, 1.807) is 12.4 Å². The number of nitrogens with zero attached hydrogens (tertiary/aromatic N) is 3. The van der Waals surface area contributed by atoms with Crippen molar-refractivity contribution < 1.29 is 9.59 Å². The van der Waals surface area contributed by atoms with Gasteiger partial charge in [0.25, 0.3) is 0 Å². The molecule has 0 N–H and O–H groups in total. The van der Waals surface area contributed by atoms with E-state index in [0.717, 1.165) is 19.4 Å². The largest absolute Gasteiger partial charge is 0.300 e. The molecular weight excluding hydrogens is 302 g/mol. The Hall–Kier alpha value is -1.36. The van der Waals surface area contributed by atoms with Gasteiger partial charge in [-0.15, -0.1) is 0 Å². The molecule has 0 radical (unpaired) electrons. The van der Waals surface area contributed by atoms with Crippen molar-refractivity contribution in [3.63, 3.8) is 0 Å². The van der Waals surface area contributed by atoms with Crippen LogP contribution in [0.25, 0.3) is 0 Å². The van der Waals surface area contributed by atoms with Gasteiger partial charge in [0.2, 0.25) is 0 Å². The van der Waals surface area contributed by atoms with Crippen LogP contribution in [-0.4, -0.2) is 61.1 Å². The van der Waals surface area contributed by atoms with Gasteiger partial charge in [0.1, 0.15) is 11.6 Å². The van der Waals surface area contributed by atoms with E-state index < -0.39 is 0 Å². The normalized spacial score (nSPS) is 14.6. The minimum atomic E-state index is 0.155. The van der Waals surface area contributed by atoms with Crippen LogP contribution in [0.1, 0.15) is 66.2 Å². The Morgan fingerprint density at radius 1 is 1.00 bits per heavy atom. The molecule has 0 aliphatic carbocycles. The van der Waals surface area contributed by atoms with Crippen LogP contribution in [0.5, 0.6) is 0 Å². The van der Waals surface area contributed by atoms with Crippen molar-refractivity contribution in [2.75, 3.05) is 20.1 Å². The SMILES string of the molecule is CCCC(=O)CC=NCC(C)N(C)CC(C)N=CCC(=O)CCC. The molecule has 0 fully saturated rings. The van der Waals surface area contributed by atoms with Crippen molar-refractivity contribution in [2.45, 2.75) is 78.3 Å². The molecule has 0 aromatic heterocycles. The molecule has 138 valence electrons. The number of hydrogen-bond donors (Lipinski definition) is 0. The van der Waals surface area contributed by atoms with Gasteiger partial charge < -0.3 is 0 Å². The predicted molar refractivity (Wildman–Crippen MR) is 102 cm³/mol. The van der Waals surface area contributed by atoms with Crippen LogP contribution in [0.4, 0.5) is 0 Å². The summed E-state index contributed by atoms with van der Waals surface area (Å²) >= 11 is 0. The number of carbonyl (C=O) groups excluding carboxylic acids is 2. The molecule has 0 aromatic rings. The van der Waals surface area contributed by atoms with Crippen molar-refractivity contribution in [1.82, 2.24) is 4.90 Å². The molecule has 0 saturated heterocycles. The number of carbonyl (C=O) groups is 2. The number of ketones is 2. The van der Waals surface area contributed by atoms with Gasteiger partial charge in [-0.1, -0.05) is 13.8 Å². The number of aliphatic imine (C=N–C) groups is 2. The molecule has 0 spiro atoms. The average molecular weight is 338 g/mol. The molecule has 0 bridgehead atoms. The van der Waals surface area contributed by atoms with E-state index in [0.29, 0.717) is 38.3 Å². The smallest absolute Gasteiger partial charge is 0.138 e. The van der Waals surface area contributed by atoms with E-state index in [2.05, 4.69) is 35.8 Å². The van der Waals surface area contributed by atoms with Gasteiger partial charge in [-0.3, -0.25) is 24.5 Å². The Kier molecular flexibility index (Phi) is 13.2. The molecular formula is C19H35N3O2. The quantitative estimate of drug-likeness (QED) is 0.457. The average Bonchev–Trinajstić information content (AvgIpc) is 2.51. The predicted octanol–water partition coefficient (Wildman–Crippen LogP) is 3.36. The van der Waals surface area contributed by atoms with E-state index in [9.17, 15) is 9.59 Å². The summed E-state index contributed by atoms with van der Waals surface area (Å²) in [5.74, 6) is 0.505. The highest BCUT2D eigenvalue weighted by molar-refractivity contribution is 5.91. The topological polar surface area (TPSA) is 62.1 Å². The van der Waals surface area contributed by atoms with Gasteiger partial charge in [0.05, 0.1) is 12.6 Å². The molecule has 0 heterocycles. The lowest BCUT2D eigenvalue weighted by Gasteiger charge is -2.24. The Balaban J connectivity index is 4.05. The summed E-state index contributed by atoms with van der Waals surface area (Å²) in [6, 6.07) is 0.448. The highest BCUT2D eigenvalue weighted by Gasteiger charge is 2.11. The van der Waals surface area contributed by atoms with Gasteiger partial charge in [-0.25, -0.2) is 0 Å². The Bertz CT molecular complexity index is 419. The number of hydrogen-bond acceptors (Lipinski definition) is 5. The van der Waals surface area contributed by atoms with Gasteiger partial charge >= 0.3 is 0 Å². The summed E-state index contributed by atoms with van der Waals surface area (Å²) in [4.78, 5) is 33.9. The Morgan fingerprint density at radius 2 is 1.54 bits per heavy atom. The van der Waals surface area contributed by atoms with Gasteiger partial charge in [0.15, 0.2) is 0 Å². The lowest BCUT2D eigenvalue weighted by molar-refractivity contribution is -0.118. The second kappa shape index (κ2) is 14.0. The lowest BCUT2D eigenvalue weighted by atomic mass is 10.2. The van der Waals surface area contributed by atoms with Crippen molar-refractivity contribution in [2.24, 2.45) is 9.98 Å². The number of likely N-dealkylation sites (N-methyl/N-ethyl adjacent to an activating group) is 1. The first-order valence-corrected chi connectivity index (χ1v) is 9.14. The molecule has 0 rings (SSSR count). The third-order valence-electron chi connectivity index (χ3n) is 3.86. The first-order chi connectivity index (χ1) is 11.4. The van der Waals surface area contributed by atoms with Crippen LogP contribution in [0.3, 0.4) is 0 Å². The molecule has 0 saturated carbocycles. The maximum Gasteiger partial charge on any atom is 0.138 e. The minimum absolute atomic E-state index is 0.155. The van der Waals surface area contributed by atoms with Gasteiger partial charge in [-0.05, 0) is 33.7 Å². The summed E-state index contributed by atoms with van der Waals surface area (Å²) < 4.78 is 0. The summed E-state index contributed by atoms with van der Waals surface area (Å²) in [5, 5.41) is 0. The molecule has 24 heavy (non-hydrogen) atoms. The summed E-state index contributed by atoms with van der Waals surface area (Å²) in [5.41, 5.74) is 0.